The summed E-state index contributed by atoms with van der Waals surface area (Å²) in [6, 6.07) is 10.6. The number of anilines is 1. The van der Waals surface area contributed by atoms with Gasteiger partial charge in [0, 0.05) is 18.2 Å². The Morgan fingerprint density at radius 2 is 2.11 bits per heavy atom. The Labute approximate surface area is 114 Å². The minimum Gasteiger partial charge on any atom is -0.411 e. The van der Waals surface area contributed by atoms with Crippen molar-refractivity contribution in [3.8, 4) is 0 Å². The Balaban J connectivity index is 1.94. The second kappa shape index (κ2) is 5.08. The van der Waals surface area contributed by atoms with Crippen molar-refractivity contribution in [1.29, 1.82) is 0 Å². The summed E-state index contributed by atoms with van der Waals surface area (Å²) in [5, 5.41) is 13.0. The highest BCUT2D eigenvalue weighted by Crippen LogP contribution is 2.45. The molecule has 1 N–H and O–H groups in total. The Morgan fingerprint density at radius 1 is 1.32 bits per heavy atom. The predicted molar refractivity (Wildman–Crippen MR) is 77.8 cm³/mol. The Morgan fingerprint density at radius 3 is 2.79 bits per heavy atom. The van der Waals surface area contributed by atoms with Gasteiger partial charge in [0.15, 0.2) is 0 Å². The van der Waals surface area contributed by atoms with Gasteiger partial charge >= 0.3 is 0 Å². The molecule has 3 heteroatoms. The molecule has 1 aromatic carbocycles. The van der Waals surface area contributed by atoms with Gasteiger partial charge in [0.1, 0.15) is 0 Å². The van der Waals surface area contributed by atoms with Crippen LogP contribution in [0.5, 0.6) is 0 Å². The molecule has 0 heterocycles. The fraction of sp³-hybridized carbons (Fsp3) is 0.438. The highest BCUT2D eigenvalue weighted by atomic mass is 16.4. The van der Waals surface area contributed by atoms with Crippen molar-refractivity contribution < 1.29 is 5.21 Å². The van der Waals surface area contributed by atoms with Crippen molar-refractivity contribution in [2.75, 3.05) is 11.4 Å². The van der Waals surface area contributed by atoms with Crippen molar-refractivity contribution in [1.82, 2.24) is 0 Å². The maximum absolute atomic E-state index is 9.36. The maximum Gasteiger partial charge on any atom is 0.0828 e. The van der Waals surface area contributed by atoms with Gasteiger partial charge in [-0.1, -0.05) is 29.4 Å². The summed E-state index contributed by atoms with van der Waals surface area (Å²) in [6.07, 6.45) is 5.52. The molecule has 2 aliphatic rings. The van der Waals surface area contributed by atoms with Gasteiger partial charge in [-0.2, -0.15) is 0 Å². The third-order valence-electron chi connectivity index (χ3n) is 4.51. The zero-order valence-electron chi connectivity index (χ0n) is 11.1. The molecule has 2 saturated carbocycles. The van der Waals surface area contributed by atoms with Crippen molar-refractivity contribution in [2.24, 2.45) is 17.0 Å². The second-order valence-corrected chi connectivity index (χ2v) is 5.52. The van der Waals surface area contributed by atoms with Crippen molar-refractivity contribution in [3.63, 3.8) is 0 Å². The van der Waals surface area contributed by atoms with Crippen LogP contribution in [0.4, 0.5) is 5.69 Å². The standard InChI is InChI=1S/C16H20N2O/c1-2-10-18(14-6-4-3-5-7-14)16-13-9-8-12(11-13)15(16)17-19/h2-7,12-13,16,19H,1,8-11H2/b17-15-/t12-,13+,16-/m0/s1. The molecule has 19 heavy (non-hydrogen) atoms. The van der Waals surface area contributed by atoms with Crippen LogP contribution in [0, 0.1) is 11.8 Å². The van der Waals surface area contributed by atoms with Crippen LogP contribution < -0.4 is 4.90 Å². The summed E-state index contributed by atoms with van der Waals surface area (Å²) in [7, 11) is 0. The lowest BCUT2D eigenvalue weighted by Gasteiger charge is -2.36. The smallest absolute Gasteiger partial charge is 0.0828 e. The van der Waals surface area contributed by atoms with Crippen LogP contribution in [0.25, 0.3) is 0 Å². The van der Waals surface area contributed by atoms with Crippen LogP contribution in [0.1, 0.15) is 19.3 Å². The highest BCUT2D eigenvalue weighted by molar-refractivity contribution is 5.97. The van der Waals surface area contributed by atoms with E-state index in [4.69, 9.17) is 0 Å². The monoisotopic (exact) mass is 256 g/mol. The average Bonchev–Trinajstić information content (AvgIpc) is 3.06. The molecule has 3 rings (SSSR count). The summed E-state index contributed by atoms with van der Waals surface area (Å²) in [6.45, 7) is 4.65. The number of rotatable bonds is 4. The van der Waals surface area contributed by atoms with E-state index in [1.54, 1.807) is 0 Å². The summed E-state index contributed by atoms with van der Waals surface area (Å²) in [4.78, 5) is 2.33. The van der Waals surface area contributed by atoms with Gasteiger partial charge in [0.05, 0.1) is 11.8 Å². The van der Waals surface area contributed by atoms with E-state index in [9.17, 15) is 5.21 Å². The first-order valence-corrected chi connectivity index (χ1v) is 6.99. The second-order valence-electron chi connectivity index (χ2n) is 5.52. The van der Waals surface area contributed by atoms with E-state index >= 15 is 0 Å². The molecule has 0 unspecified atom stereocenters. The van der Waals surface area contributed by atoms with Crippen LogP contribution >= 0.6 is 0 Å². The lowest BCUT2D eigenvalue weighted by Crippen LogP contribution is -2.45. The molecule has 0 aliphatic heterocycles. The van der Waals surface area contributed by atoms with Crippen LogP contribution in [-0.2, 0) is 0 Å². The lowest BCUT2D eigenvalue weighted by atomic mass is 9.91. The summed E-state index contributed by atoms with van der Waals surface area (Å²) < 4.78 is 0. The van der Waals surface area contributed by atoms with Crippen LogP contribution in [0.15, 0.2) is 48.1 Å². The summed E-state index contributed by atoms with van der Waals surface area (Å²) in [5.74, 6) is 1.10. The van der Waals surface area contributed by atoms with Gasteiger partial charge in [-0.15, -0.1) is 6.58 Å². The quantitative estimate of drug-likeness (QED) is 0.509. The molecular formula is C16H20N2O. The third-order valence-corrected chi connectivity index (χ3v) is 4.51. The van der Waals surface area contributed by atoms with E-state index in [2.05, 4.69) is 28.8 Å². The molecule has 0 spiro atoms. The van der Waals surface area contributed by atoms with Crippen LogP contribution in [0.3, 0.4) is 0 Å². The Kier molecular flexibility index (Phi) is 3.28. The number of hydrogen-bond donors (Lipinski definition) is 1. The van der Waals surface area contributed by atoms with Gasteiger partial charge in [0.2, 0.25) is 0 Å². The molecule has 3 nitrogen and oxygen atoms in total. The molecule has 2 aliphatic carbocycles. The molecule has 2 fully saturated rings. The largest absolute Gasteiger partial charge is 0.411 e. The normalized spacial score (nSPS) is 30.7. The average molecular weight is 256 g/mol. The maximum atomic E-state index is 9.36. The van der Waals surface area contributed by atoms with Crippen molar-refractivity contribution >= 4 is 11.4 Å². The molecule has 0 radical (unpaired) electrons. The first-order valence-electron chi connectivity index (χ1n) is 6.99. The van der Waals surface area contributed by atoms with E-state index < -0.39 is 0 Å². The SMILES string of the molecule is C=CCN(c1ccccc1)[C@@H]1/C(=N\O)[C@H]2CC[C@@H]1C2. The number of benzene rings is 1. The summed E-state index contributed by atoms with van der Waals surface area (Å²) in [5.41, 5.74) is 2.16. The van der Waals surface area contributed by atoms with Crippen molar-refractivity contribution in [3.05, 3.63) is 43.0 Å². The minimum atomic E-state index is 0.240. The number of oxime groups is 1. The first-order chi connectivity index (χ1) is 9.35. The highest BCUT2D eigenvalue weighted by Gasteiger charge is 2.48. The van der Waals surface area contributed by atoms with Gasteiger partial charge in [-0.25, -0.2) is 0 Å². The van der Waals surface area contributed by atoms with E-state index in [1.165, 1.54) is 24.9 Å². The Hall–Kier alpha value is -1.77. The van der Waals surface area contributed by atoms with Crippen LogP contribution in [-0.4, -0.2) is 23.5 Å². The summed E-state index contributed by atoms with van der Waals surface area (Å²) >= 11 is 0. The van der Waals surface area contributed by atoms with E-state index in [0.717, 1.165) is 12.3 Å². The van der Waals surface area contributed by atoms with E-state index in [1.807, 2.05) is 24.3 Å². The zero-order chi connectivity index (χ0) is 13.2. The minimum absolute atomic E-state index is 0.240. The molecule has 3 atom stereocenters. The topological polar surface area (TPSA) is 35.8 Å². The number of para-hydroxylation sites is 1. The molecule has 0 aromatic heterocycles. The lowest BCUT2D eigenvalue weighted by molar-refractivity contribution is 0.311. The molecule has 2 bridgehead atoms. The number of fused-ring (bicyclic) bond motifs is 2. The fourth-order valence-electron chi connectivity index (χ4n) is 3.75. The fourth-order valence-corrected chi connectivity index (χ4v) is 3.75. The number of nitrogens with zero attached hydrogens (tertiary/aromatic N) is 2. The molecule has 100 valence electrons. The van der Waals surface area contributed by atoms with Gasteiger partial charge < -0.3 is 10.1 Å². The predicted octanol–water partition coefficient (Wildman–Crippen LogP) is 3.31. The first kappa shape index (κ1) is 12.3. The molecule has 0 amide bonds. The molecule has 1 aromatic rings. The van der Waals surface area contributed by atoms with Gasteiger partial charge in [-0.05, 0) is 37.3 Å². The van der Waals surface area contributed by atoms with Gasteiger partial charge in [0.25, 0.3) is 0 Å². The van der Waals surface area contributed by atoms with Crippen molar-refractivity contribution in [2.45, 2.75) is 25.3 Å². The van der Waals surface area contributed by atoms with Gasteiger partial charge in [-0.3, -0.25) is 0 Å². The number of hydrogen-bond acceptors (Lipinski definition) is 3. The third kappa shape index (κ3) is 2.03. The molecule has 0 saturated heterocycles. The zero-order valence-corrected chi connectivity index (χ0v) is 11.1. The van der Waals surface area contributed by atoms with E-state index in [-0.39, 0.29) is 6.04 Å². The van der Waals surface area contributed by atoms with E-state index in [0.29, 0.717) is 11.8 Å². The van der Waals surface area contributed by atoms with Crippen LogP contribution in [0.2, 0.25) is 0 Å². The molecular weight excluding hydrogens is 236 g/mol. The Bertz CT molecular complexity index is 483.